The van der Waals surface area contributed by atoms with E-state index in [2.05, 4.69) is 4.98 Å². The van der Waals surface area contributed by atoms with Crippen molar-refractivity contribution in [1.29, 1.82) is 0 Å². The number of rotatable bonds is 2. The van der Waals surface area contributed by atoms with Crippen LogP contribution in [0.15, 0.2) is 12.3 Å². The van der Waals surface area contributed by atoms with Gasteiger partial charge in [0, 0.05) is 6.20 Å². The summed E-state index contributed by atoms with van der Waals surface area (Å²) >= 11 is 5.51. The lowest BCUT2D eigenvalue weighted by Gasteiger charge is -2.11. The number of carboxylic acids is 1. The molecule has 76 valence electrons. The minimum Gasteiger partial charge on any atom is -0.477 e. The van der Waals surface area contributed by atoms with Crippen molar-refractivity contribution in [3.05, 3.63) is 28.5 Å². The highest BCUT2D eigenvalue weighted by Crippen LogP contribution is 2.29. The van der Waals surface area contributed by atoms with Crippen LogP contribution >= 0.6 is 11.6 Å². The summed E-state index contributed by atoms with van der Waals surface area (Å²) in [5, 5.41) is 8.32. The van der Waals surface area contributed by atoms with Crippen LogP contribution in [0.4, 0.5) is 8.78 Å². The topological polar surface area (TPSA) is 50.2 Å². The number of carbonyl (C=O) groups is 1. The van der Waals surface area contributed by atoms with Gasteiger partial charge in [0.2, 0.25) is 0 Å². The zero-order valence-corrected chi connectivity index (χ0v) is 7.85. The van der Waals surface area contributed by atoms with Gasteiger partial charge in [-0.1, -0.05) is 11.6 Å². The first-order chi connectivity index (χ1) is 6.35. The summed E-state index contributed by atoms with van der Waals surface area (Å²) in [5.41, 5.74) is -0.364. The minimum atomic E-state index is -3.93. The number of pyridine rings is 1. The van der Waals surface area contributed by atoms with E-state index in [0.717, 1.165) is 12.3 Å². The molecule has 0 aliphatic rings. The van der Waals surface area contributed by atoms with E-state index in [1.165, 1.54) is 6.92 Å². The Morgan fingerprint density at radius 2 is 2.21 bits per heavy atom. The fourth-order valence-corrected chi connectivity index (χ4v) is 0.957. The average molecular weight is 222 g/mol. The van der Waals surface area contributed by atoms with E-state index in [4.69, 9.17) is 16.7 Å². The summed E-state index contributed by atoms with van der Waals surface area (Å²) in [5.74, 6) is -6.14. The number of nitrogens with zero attached hydrogens (tertiary/aromatic N) is 1. The maximum atomic E-state index is 12.9. The van der Waals surface area contributed by atoms with Crippen LogP contribution in [-0.2, 0) is 10.7 Å². The van der Waals surface area contributed by atoms with Crippen LogP contribution in [0.2, 0.25) is 5.15 Å². The molecule has 0 saturated carbocycles. The van der Waals surface area contributed by atoms with Crippen LogP contribution < -0.4 is 0 Å². The fraction of sp³-hybridized carbons (Fsp3) is 0.250. The van der Waals surface area contributed by atoms with E-state index in [1.54, 1.807) is 0 Å². The van der Waals surface area contributed by atoms with Gasteiger partial charge in [0.15, 0.2) is 0 Å². The van der Waals surface area contributed by atoms with Crippen molar-refractivity contribution >= 4 is 17.6 Å². The van der Waals surface area contributed by atoms with Gasteiger partial charge in [-0.2, -0.15) is 8.78 Å². The van der Waals surface area contributed by atoms with Gasteiger partial charge in [-0.05, 0) is 18.6 Å². The molecular weight excluding hydrogens is 216 g/mol. The molecule has 0 fully saturated rings. The summed E-state index contributed by atoms with van der Waals surface area (Å²) in [6.45, 7) is 1.47. The Balaban J connectivity index is 3.21. The zero-order valence-electron chi connectivity index (χ0n) is 7.09. The number of aryl methyl sites for hydroxylation is 1. The Hall–Kier alpha value is -1.23. The first kappa shape index (κ1) is 10.8. The van der Waals surface area contributed by atoms with Crippen LogP contribution in [0, 0.1) is 6.92 Å². The second-order valence-electron chi connectivity index (χ2n) is 2.71. The van der Waals surface area contributed by atoms with Gasteiger partial charge >= 0.3 is 11.9 Å². The summed E-state index contributed by atoms with van der Waals surface area (Å²) in [4.78, 5) is 13.7. The molecule has 1 heterocycles. The Labute approximate surface area is 83.3 Å². The molecule has 1 N–H and O–H groups in total. The monoisotopic (exact) mass is 221 g/mol. The van der Waals surface area contributed by atoms with Gasteiger partial charge in [0.05, 0.1) is 5.56 Å². The van der Waals surface area contributed by atoms with Crippen molar-refractivity contribution in [3.63, 3.8) is 0 Å². The van der Waals surface area contributed by atoms with E-state index in [1.807, 2.05) is 0 Å². The van der Waals surface area contributed by atoms with Gasteiger partial charge in [-0.25, -0.2) is 9.78 Å². The average Bonchev–Trinajstić information content (AvgIpc) is 2.09. The molecule has 14 heavy (non-hydrogen) atoms. The molecule has 0 saturated heterocycles. The Bertz CT molecular complexity index is 382. The molecule has 3 nitrogen and oxygen atoms in total. The number of carboxylic acid groups (broad SMARTS) is 1. The molecule has 0 unspecified atom stereocenters. The zero-order chi connectivity index (χ0) is 10.9. The molecule has 0 bridgehead atoms. The van der Waals surface area contributed by atoms with Crippen LogP contribution in [0.25, 0.3) is 0 Å². The standard InChI is InChI=1S/C8H6ClF2NO2/c1-4-2-5(3-12-6(4)9)8(10,11)7(13)14/h2-3H,1H3,(H,13,14). The highest BCUT2D eigenvalue weighted by atomic mass is 35.5. The molecule has 0 aromatic carbocycles. The van der Waals surface area contributed by atoms with Crippen molar-refractivity contribution in [3.8, 4) is 0 Å². The van der Waals surface area contributed by atoms with Gasteiger partial charge in [0.25, 0.3) is 0 Å². The Morgan fingerprint density at radius 1 is 1.64 bits per heavy atom. The highest BCUT2D eigenvalue weighted by molar-refractivity contribution is 6.30. The minimum absolute atomic E-state index is 0.0786. The van der Waals surface area contributed by atoms with Gasteiger partial charge < -0.3 is 5.11 Å². The fourth-order valence-electron chi connectivity index (χ4n) is 0.853. The SMILES string of the molecule is Cc1cc(C(F)(F)C(=O)O)cnc1Cl. The first-order valence-electron chi connectivity index (χ1n) is 3.59. The first-order valence-corrected chi connectivity index (χ1v) is 3.97. The third-order valence-corrected chi connectivity index (χ3v) is 2.04. The van der Waals surface area contributed by atoms with Crippen LogP contribution in [0.1, 0.15) is 11.1 Å². The van der Waals surface area contributed by atoms with Crippen molar-refractivity contribution < 1.29 is 18.7 Å². The molecule has 6 heteroatoms. The van der Waals surface area contributed by atoms with Crippen LogP contribution in [0.3, 0.4) is 0 Å². The Kier molecular flexibility index (Phi) is 2.71. The van der Waals surface area contributed by atoms with Crippen molar-refractivity contribution in [1.82, 2.24) is 4.98 Å². The smallest absolute Gasteiger partial charge is 0.379 e. The van der Waals surface area contributed by atoms with E-state index >= 15 is 0 Å². The van der Waals surface area contributed by atoms with E-state index in [9.17, 15) is 13.6 Å². The molecule has 0 aliphatic heterocycles. The number of aliphatic carboxylic acids is 1. The second-order valence-corrected chi connectivity index (χ2v) is 3.07. The molecule has 0 radical (unpaired) electrons. The maximum absolute atomic E-state index is 12.9. The molecule has 1 rings (SSSR count). The van der Waals surface area contributed by atoms with E-state index in [-0.39, 0.29) is 5.15 Å². The van der Waals surface area contributed by atoms with Crippen LogP contribution in [-0.4, -0.2) is 16.1 Å². The quantitative estimate of drug-likeness (QED) is 0.779. The molecule has 1 aromatic rings. The molecule has 0 spiro atoms. The van der Waals surface area contributed by atoms with E-state index in [0.29, 0.717) is 5.56 Å². The number of aromatic nitrogens is 1. The largest absolute Gasteiger partial charge is 0.477 e. The van der Waals surface area contributed by atoms with Crippen molar-refractivity contribution in [2.75, 3.05) is 0 Å². The third-order valence-electron chi connectivity index (χ3n) is 1.65. The maximum Gasteiger partial charge on any atom is 0.379 e. The number of hydrogen-bond acceptors (Lipinski definition) is 2. The predicted octanol–water partition coefficient (Wildman–Crippen LogP) is 2.22. The summed E-state index contributed by atoms with van der Waals surface area (Å²) in [7, 11) is 0. The lowest BCUT2D eigenvalue weighted by atomic mass is 10.1. The normalized spacial score (nSPS) is 11.4. The molecule has 0 aliphatic carbocycles. The number of halogens is 3. The second kappa shape index (κ2) is 3.49. The molecule has 1 aromatic heterocycles. The lowest BCUT2D eigenvalue weighted by molar-refractivity contribution is -0.166. The van der Waals surface area contributed by atoms with Crippen molar-refractivity contribution in [2.24, 2.45) is 0 Å². The van der Waals surface area contributed by atoms with Crippen molar-refractivity contribution in [2.45, 2.75) is 12.8 Å². The lowest BCUT2D eigenvalue weighted by Crippen LogP contribution is -2.25. The summed E-state index contributed by atoms with van der Waals surface area (Å²) in [6.07, 6.45) is 0.753. The predicted molar refractivity (Wildman–Crippen MR) is 45.5 cm³/mol. The van der Waals surface area contributed by atoms with Gasteiger partial charge in [-0.3, -0.25) is 0 Å². The molecular formula is C8H6ClF2NO2. The molecule has 0 atom stereocenters. The van der Waals surface area contributed by atoms with Gasteiger partial charge in [-0.15, -0.1) is 0 Å². The third kappa shape index (κ3) is 1.82. The summed E-state index contributed by atoms with van der Waals surface area (Å²) < 4.78 is 25.8. The highest BCUT2D eigenvalue weighted by Gasteiger charge is 2.41. The number of alkyl halides is 2. The number of hydrogen-bond donors (Lipinski definition) is 1. The summed E-state index contributed by atoms with van der Waals surface area (Å²) in [6, 6.07) is 1.00. The van der Waals surface area contributed by atoms with E-state index < -0.39 is 17.5 Å². The van der Waals surface area contributed by atoms with Gasteiger partial charge in [0.1, 0.15) is 5.15 Å². The molecule has 0 amide bonds. The Morgan fingerprint density at radius 3 is 2.64 bits per heavy atom. The van der Waals surface area contributed by atoms with Crippen LogP contribution in [0.5, 0.6) is 0 Å².